The zero-order chi connectivity index (χ0) is 20.4. The van der Waals surface area contributed by atoms with Gasteiger partial charge in [0.1, 0.15) is 0 Å². The summed E-state index contributed by atoms with van der Waals surface area (Å²) in [6.45, 7) is 3.32. The fraction of sp³-hybridized carbons (Fsp3) is 0.190. The molecular weight excluding hydrogens is 507 g/mol. The van der Waals surface area contributed by atoms with Crippen molar-refractivity contribution in [3.63, 3.8) is 0 Å². The number of amides is 1. The average molecular weight is 526 g/mol. The number of aromatic nitrogens is 3. The maximum atomic E-state index is 13.3. The number of aryl methyl sites for hydroxylation is 2. The number of imidazole rings is 1. The van der Waals surface area contributed by atoms with Gasteiger partial charge in [-0.2, -0.15) is 0 Å². The van der Waals surface area contributed by atoms with E-state index in [1.807, 2.05) is 54.1 Å². The van der Waals surface area contributed by atoms with Gasteiger partial charge in [0.2, 0.25) is 0 Å². The first kappa shape index (κ1) is 22.7. The number of anilines is 1. The normalized spacial score (nSPS) is 10.8. The summed E-state index contributed by atoms with van der Waals surface area (Å²) in [6, 6.07) is 11.2. The van der Waals surface area contributed by atoms with E-state index in [0.29, 0.717) is 22.3 Å². The van der Waals surface area contributed by atoms with Gasteiger partial charge in [0.25, 0.3) is 5.91 Å². The van der Waals surface area contributed by atoms with Crippen molar-refractivity contribution in [2.24, 2.45) is 0 Å². The molecule has 0 bridgehead atoms. The molecule has 2 aromatic carbocycles. The SMILES string of the molecule is Cc1ccc(Cl)c2sc(N(CCCn3ccnc3)C(=O)c3ccc(Br)cc3)nc12.Cl. The van der Waals surface area contributed by atoms with E-state index in [1.54, 1.807) is 17.4 Å². The summed E-state index contributed by atoms with van der Waals surface area (Å²) < 4.78 is 3.84. The number of fused-ring (bicyclic) bond motifs is 1. The van der Waals surface area contributed by atoms with Crippen molar-refractivity contribution in [2.45, 2.75) is 19.9 Å². The van der Waals surface area contributed by atoms with E-state index in [4.69, 9.17) is 16.6 Å². The number of carbonyl (C=O) groups excluding carboxylic acids is 1. The van der Waals surface area contributed by atoms with Crippen LogP contribution in [0, 0.1) is 6.92 Å². The minimum absolute atomic E-state index is 0. The molecule has 0 aliphatic heterocycles. The fourth-order valence-electron chi connectivity index (χ4n) is 3.07. The topological polar surface area (TPSA) is 51.0 Å². The van der Waals surface area contributed by atoms with Gasteiger partial charge in [-0.1, -0.05) is 44.9 Å². The van der Waals surface area contributed by atoms with E-state index in [-0.39, 0.29) is 18.3 Å². The third-order valence-electron chi connectivity index (χ3n) is 4.61. The molecule has 2 aromatic heterocycles. The summed E-state index contributed by atoms with van der Waals surface area (Å²) in [4.78, 5) is 23.9. The molecule has 156 valence electrons. The van der Waals surface area contributed by atoms with Gasteiger partial charge in [0.05, 0.1) is 21.6 Å². The number of halogens is 3. The van der Waals surface area contributed by atoms with Crippen molar-refractivity contribution in [2.75, 3.05) is 11.4 Å². The Labute approximate surface area is 198 Å². The lowest BCUT2D eigenvalue weighted by Gasteiger charge is -2.20. The average Bonchev–Trinajstić information content (AvgIpc) is 3.39. The molecule has 0 spiro atoms. The third-order valence-corrected chi connectivity index (χ3v) is 6.68. The highest BCUT2D eigenvalue weighted by atomic mass is 79.9. The lowest BCUT2D eigenvalue weighted by Crippen LogP contribution is -2.32. The smallest absolute Gasteiger partial charge is 0.260 e. The van der Waals surface area contributed by atoms with Gasteiger partial charge in [-0.25, -0.2) is 9.97 Å². The predicted octanol–water partition coefficient (Wildman–Crippen LogP) is 6.38. The van der Waals surface area contributed by atoms with Crippen LogP contribution in [0.2, 0.25) is 5.02 Å². The number of nitrogens with zero attached hydrogens (tertiary/aromatic N) is 4. The van der Waals surface area contributed by atoms with E-state index in [2.05, 4.69) is 20.9 Å². The van der Waals surface area contributed by atoms with Gasteiger partial charge >= 0.3 is 0 Å². The lowest BCUT2D eigenvalue weighted by molar-refractivity contribution is 0.0986. The number of carbonyl (C=O) groups is 1. The number of rotatable bonds is 6. The molecular formula is C21H19BrCl2N4OS. The molecule has 2 heterocycles. The molecule has 0 aliphatic carbocycles. The van der Waals surface area contributed by atoms with Crippen LogP contribution in [-0.2, 0) is 6.54 Å². The van der Waals surface area contributed by atoms with E-state index < -0.39 is 0 Å². The Hall–Kier alpha value is -1.93. The Bertz CT molecular complexity index is 1110. The maximum Gasteiger partial charge on any atom is 0.260 e. The van der Waals surface area contributed by atoms with Crippen LogP contribution in [0.4, 0.5) is 5.13 Å². The van der Waals surface area contributed by atoms with E-state index in [1.165, 1.54) is 11.3 Å². The first-order chi connectivity index (χ1) is 14.0. The molecule has 5 nitrogen and oxygen atoms in total. The van der Waals surface area contributed by atoms with Crippen LogP contribution in [0.15, 0.2) is 59.6 Å². The van der Waals surface area contributed by atoms with Crippen LogP contribution in [0.25, 0.3) is 10.2 Å². The van der Waals surface area contributed by atoms with Gasteiger partial charge in [-0.15, -0.1) is 12.4 Å². The molecule has 4 rings (SSSR count). The molecule has 4 aromatic rings. The number of hydrogen-bond donors (Lipinski definition) is 0. The van der Waals surface area contributed by atoms with Gasteiger partial charge in [0, 0.05) is 35.5 Å². The molecule has 0 unspecified atom stereocenters. The third kappa shape index (κ3) is 4.86. The zero-order valence-corrected chi connectivity index (χ0v) is 20.1. The molecule has 0 saturated carbocycles. The Morgan fingerprint density at radius 3 is 2.67 bits per heavy atom. The minimum atomic E-state index is -0.0732. The second-order valence-electron chi connectivity index (χ2n) is 6.66. The Balaban J connectivity index is 0.00000256. The highest BCUT2D eigenvalue weighted by Gasteiger charge is 2.22. The first-order valence-corrected chi connectivity index (χ1v) is 11.1. The molecule has 0 fully saturated rings. The molecule has 0 radical (unpaired) electrons. The molecule has 9 heteroatoms. The lowest BCUT2D eigenvalue weighted by atomic mass is 10.2. The Morgan fingerprint density at radius 2 is 2.00 bits per heavy atom. The standard InChI is InChI=1S/C21H18BrClN4OS.ClH/c1-14-3-8-17(23)19-18(14)25-21(29-19)27(11-2-10-26-12-9-24-13-26)20(28)15-4-6-16(22)7-5-15;/h3-9,12-13H,2,10-11H2,1H3;1H. The minimum Gasteiger partial charge on any atom is -0.337 e. The maximum absolute atomic E-state index is 13.3. The van der Waals surface area contributed by atoms with Crippen molar-refractivity contribution in [3.8, 4) is 0 Å². The number of thiazole rings is 1. The van der Waals surface area contributed by atoms with Crippen molar-refractivity contribution in [1.29, 1.82) is 0 Å². The number of hydrogen-bond acceptors (Lipinski definition) is 4. The van der Waals surface area contributed by atoms with Crippen molar-refractivity contribution < 1.29 is 4.79 Å². The van der Waals surface area contributed by atoms with Crippen LogP contribution in [0.5, 0.6) is 0 Å². The summed E-state index contributed by atoms with van der Waals surface area (Å²) >= 11 is 11.3. The van der Waals surface area contributed by atoms with Crippen LogP contribution in [-0.4, -0.2) is 27.0 Å². The monoisotopic (exact) mass is 524 g/mol. The molecule has 0 atom stereocenters. The van der Waals surface area contributed by atoms with Crippen LogP contribution in [0.3, 0.4) is 0 Å². The summed E-state index contributed by atoms with van der Waals surface area (Å²) in [7, 11) is 0. The van der Waals surface area contributed by atoms with Crippen molar-refractivity contribution in [3.05, 3.63) is 75.7 Å². The van der Waals surface area contributed by atoms with E-state index in [9.17, 15) is 4.79 Å². The molecule has 0 N–H and O–H groups in total. The molecule has 30 heavy (non-hydrogen) atoms. The van der Waals surface area contributed by atoms with Crippen molar-refractivity contribution in [1.82, 2.24) is 14.5 Å². The van der Waals surface area contributed by atoms with Crippen molar-refractivity contribution >= 4 is 72.5 Å². The molecule has 0 saturated heterocycles. The second kappa shape index (κ2) is 9.92. The van der Waals surface area contributed by atoms with Crippen LogP contribution in [0.1, 0.15) is 22.3 Å². The number of benzene rings is 2. The quantitative estimate of drug-likeness (QED) is 0.293. The highest BCUT2D eigenvalue weighted by molar-refractivity contribution is 9.10. The molecule has 0 aliphatic rings. The van der Waals surface area contributed by atoms with Gasteiger partial charge in [-0.05, 0) is 49.2 Å². The Morgan fingerprint density at radius 1 is 1.23 bits per heavy atom. The first-order valence-electron chi connectivity index (χ1n) is 9.12. The van der Waals surface area contributed by atoms with E-state index in [0.717, 1.165) is 33.2 Å². The summed E-state index contributed by atoms with van der Waals surface area (Å²) in [5.41, 5.74) is 2.51. The fourth-order valence-corrected chi connectivity index (χ4v) is 4.67. The summed E-state index contributed by atoms with van der Waals surface area (Å²) in [5.74, 6) is -0.0732. The highest BCUT2D eigenvalue weighted by Crippen LogP contribution is 2.36. The Kier molecular flexibility index (Phi) is 7.52. The van der Waals surface area contributed by atoms with E-state index >= 15 is 0 Å². The van der Waals surface area contributed by atoms with Crippen LogP contribution >= 0.6 is 51.3 Å². The predicted molar refractivity (Wildman–Crippen MR) is 129 cm³/mol. The van der Waals surface area contributed by atoms with Gasteiger partial charge < -0.3 is 4.57 Å². The van der Waals surface area contributed by atoms with Gasteiger partial charge in [0.15, 0.2) is 5.13 Å². The van der Waals surface area contributed by atoms with Gasteiger partial charge in [-0.3, -0.25) is 9.69 Å². The summed E-state index contributed by atoms with van der Waals surface area (Å²) in [6.07, 6.45) is 6.23. The molecule has 1 amide bonds. The largest absolute Gasteiger partial charge is 0.337 e. The zero-order valence-electron chi connectivity index (χ0n) is 16.1. The summed E-state index contributed by atoms with van der Waals surface area (Å²) in [5, 5.41) is 1.32. The second-order valence-corrected chi connectivity index (χ2v) is 8.96. The van der Waals surface area contributed by atoms with Crippen LogP contribution < -0.4 is 4.90 Å².